The SMILES string of the molecule is COc1ccc([C@@H]2[C@@H]3CCCC[C@]3(O)CC[NH+]2Cc2cccc(F)c2)cc1. The lowest BCUT2D eigenvalue weighted by molar-refractivity contribution is -0.958. The minimum Gasteiger partial charge on any atom is -0.497 e. The molecule has 1 saturated carbocycles. The van der Waals surface area contributed by atoms with Crippen LogP contribution in [-0.4, -0.2) is 24.4 Å². The fourth-order valence-electron chi connectivity index (χ4n) is 5.24. The van der Waals surface area contributed by atoms with Gasteiger partial charge in [0.15, 0.2) is 0 Å². The summed E-state index contributed by atoms with van der Waals surface area (Å²) in [5.41, 5.74) is 1.70. The molecule has 2 aromatic rings. The fourth-order valence-corrected chi connectivity index (χ4v) is 5.24. The van der Waals surface area contributed by atoms with Crippen molar-refractivity contribution in [3.05, 3.63) is 65.5 Å². The Morgan fingerprint density at radius 2 is 1.96 bits per heavy atom. The Morgan fingerprint density at radius 1 is 1.15 bits per heavy atom. The number of piperidine rings is 1. The molecule has 2 aliphatic rings. The molecule has 1 heterocycles. The molecule has 3 nitrogen and oxygen atoms in total. The van der Waals surface area contributed by atoms with Gasteiger partial charge in [-0.1, -0.05) is 25.0 Å². The van der Waals surface area contributed by atoms with Crippen LogP contribution in [0.1, 0.15) is 49.3 Å². The highest BCUT2D eigenvalue weighted by Gasteiger charge is 2.51. The third-order valence-electron chi connectivity index (χ3n) is 6.58. The quantitative estimate of drug-likeness (QED) is 0.866. The van der Waals surface area contributed by atoms with Gasteiger partial charge in [-0.25, -0.2) is 4.39 Å². The Labute approximate surface area is 160 Å². The maximum atomic E-state index is 13.7. The summed E-state index contributed by atoms with van der Waals surface area (Å²) in [5, 5.41) is 11.4. The average molecular weight is 370 g/mol. The van der Waals surface area contributed by atoms with Crippen LogP contribution in [0.2, 0.25) is 0 Å². The van der Waals surface area contributed by atoms with E-state index in [2.05, 4.69) is 12.1 Å². The number of quaternary nitrogens is 1. The van der Waals surface area contributed by atoms with E-state index in [9.17, 15) is 9.50 Å². The molecule has 2 fully saturated rings. The van der Waals surface area contributed by atoms with Gasteiger partial charge >= 0.3 is 0 Å². The number of methoxy groups -OCH3 is 1. The van der Waals surface area contributed by atoms with Crippen LogP contribution < -0.4 is 9.64 Å². The van der Waals surface area contributed by atoms with E-state index in [1.165, 1.54) is 23.0 Å². The van der Waals surface area contributed by atoms with Gasteiger partial charge in [-0.3, -0.25) is 0 Å². The molecule has 4 atom stereocenters. The van der Waals surface area contributed by atoms with E-state index in [1.807, 2.05) is 18.2 Å². The van der Waals surface area contributed by atoms with Crippen molar-refractivity contribution >= 4 is 0 Å². The van der Waals surface area contributed by atoms with Crippen molar-refractivity contribution in [2.24, 2.45) is 5.92 Å². The first-order valence-corrected chi connectivity index (χ1v) is 10.0. The Kier molecular flexibility index (Phi) is 5.20. The molecule has 1 unspecified atom stereocenters. The fraction of sp³-hybridized carbons (Fsp3) is 0.478. The van der Waals surface area contributed by atoms with Gasteiger partial charge in [-0.05, 0) is 49.2 Å². The van der Waals surface area contributed by atoms with Crippen molar-refractivity contribution in [3.63, 3.8) is 0 Å². The second kappa shape index (κ2) is 7.61. The number of aliphatic hydroxyl groups is 1. The number of nitrogens with one attached hydrogen (secondary N) is 1. The van der Waals surface area contributed by atoms with Crippen molar-refractivity contribution in [2.45, 2.75) is 50.3 Å². The van der Waals surface area contributed by atoms with Gasteiger partial charge in [0.25, 0.3) is 0 Å². The van der Waals surface area contributed by atoms with Gasteiger partial charge in [-0.2, -0.15) is 0 Å². The van der Waals surface area contributed by atoms with Crippen LogP contribution in [0.4, 0.5) is 4.39 Å². The molecule has 1 aliphatic heterocycles. The van der Waals surface area contributed by atoms with Crippen molar-refractivity contribution in [1.29, 1.82) is 0 Å². The predicted octanol–water partition coefficient (Wildman–Crippen LogP) is 3.29. The third kappa shape index (κ3) is 3.74. The van der Waals surface area contributed by atoms with Gasteiger partial charge in [-0.15, -0.1) is 0 Å². The van der Waals surface area contributed by atoms with E-state index in [1.54, 1.807) is 19.2 Å². The van der Waals surface area contributed by atoms with Crippen LogP contribution in [0.3, 0.4) is 0 Å². The summed E-state index contributed by atoms with van der Waals surface area (Å²) in [7, 11) is 1.68. The number of hydrogen-bond acceptors (Lipinski definition) is 2. The smallest absolute Gasteiger partial charge is 0.123 e. The van der Waals surface area contributed by atoms with Crippen molar-refractivity contribution in [2.75, 3.05) is 13.7 Å². The predicted molar refractivity (Wildman–Crippen MR) is 103 cm³/mol. The van der Waals surface area contributed by atoms with Gasteiger partial charge in [0, 0.05) is 23.5 Å². The van der Waals surface area contributed by atoms with Crippen LogP contribution in [0.25, 0.3) is 0 Å². The highest BCUT2D eigenvalue weighted by atomic mass is 19.1. The molecule has 0 spiro atoms. The van der Waals surface area contributed by atoms with Crippen molar-refractivity contribution < 1.29 is 19.1 Å². The highest BCUT2D eigenvalue weighted by molar-refractivity contribution is 5.29. The first kappa shape index (κ1) is 18.5. The molecule has 4 heteroatoms. The maximum Gasteiger partial charge on any atom is 0.123 e. The second-order valence-corrected chi connectivity index (χ2v) is 8.17. The maximum absolute atomic E-state index is 13.7. The molecule has 0 bridgehead atoms. The molecule has 4 rings (SSSR count). The zero-order chi connectivity index (χ0) is 18.9. The Morgan fingerprint density at radius 3 is 2.70 bits per heavy atom. The lowest BCUT2D eigenvalue weighted by Crippen LogP contribution is -3.13. The third-order valence-corrected chi connectivity index (χ3v) is 6.58. The topological polar surface area (TPSA) is 33.9 Å². The van der Waals surface area contributed by atoms with Crippen LogP contribution >= 0.6 is 0 Å². The standard InChI is InChI=1S/C23H28FNO2/c1-27-20-10-8-18(9-11-20)22-21-7-2-3-12-23(21,26)13-14-25(22)16-17-5-4-6-19(24)15-17/h4-6,8-11,15,21-22,26H,2-3,7,12-14,16H2,1H3/p+1/t21-,22+,23-/m0/s1. The first-order valence-electron chi connectivity index (χ1n) is 10.0. The van der Waals surface area contributed by atoms with Crippen LogP contribution in [0, 0.1) is 11.7 Å². The number of fused-ring (bicyclic) bond motifs is 1. The molecule has 1 aliphatic carbocycles. The molecule has 0 radical (unpaired) electrons. The number of benzene rings is 2. The monoisotopic (exact) mass is 370 g/mol. The number of ether oxygens (including phenoxy) is 1. The zero-order valence-electron chi connectivity index (χ0n) is 16.0. The molecular formula is C23H29FNO2+. The average Bonchev–Trinajstić information content (AvgIpc) is 2.68. The van der Waals surface area contributed by atoms with E-state index in [0.717, 1.165) is 50.1 Å². The number of rotatable bonds is 4. The van der Waals surface area contributed by atoms with Gasteiger partial charge < -0.3 is 14.7 Å². The lowest BCUT2D eigenvalue weighted by atomic mass is 9.66. The minimum absolute atomic E-state index is 0.181. The molecule has 2 aromatic carbocycles. The van der Waals surface area contributed by atoms with Crippen molar-refractivity contribution in [3.8, 4) is 5.75 Å². The summed E-state index contributed by atoms with van der Waals surface area (Å²) in [6.07, 6.45) is 5.07. The summed E-state index contributed by atoms with van der Waals surface area (Å²) in [6.45, 7) is 1.68. The summed E-state index contributed by atoms with van der Waals surface area (Å²) in [4.78, 5) is 1.42. The van der Waals surface area contributed by atoms with Crippen LogP contribution in [0.5, 0.6) is 5.75 Å². The molecule has 27 heavy (non-hydrogen) atoms. The Hall–Kier alpha value is -1.91. The summed E-state index contributed by atoms with van der Waals surface area (Å²) >= 11 is 0. The number of hydrogen-bond donors (Lipinski definition) is 2. The number of likely N-dealkylation sites (tertiary alicyclic amines) is 1. The summed E-state index contributed by atoms with van der Waals surface area (Å²) < 4.78 is 19.0. The molecular weight excluding hydrogens is 341 g/mol. The zero-order valence-corrected chi connectivity index (χ0v) is 16.0. The van der Waals surface area contributed by atoms with Gasteiger partial charge in [0.05, 0.1) is 19.3 Å². The molecule has 1 saturated heterocycles. The number of halogens is 1. The van der Waals surface area contributed by atoms with Gasteiger partial charge in [0.1, 0.15) is 24.2 Å². The largest absolute Gasteiger partial charge is 0.497 e. The second-order valence-electron chi connectivity index (χ2n) is 8.17. The van der Waals surface area contributed by atoms with E-state index in [0.29, 0.717) is 0 Å². The summed E-state index contributed by atoms with van der Waals surface area (Å²) in [6, 6.07) is 15.4. The Bertz CT molecular complexity index is 778. The first-order chi connectivity index (χ1) is 13.1. The van der Waals surface area contributed by atoms with Gasteiger partial charge in [0.2, 0.25) is 0 Å². The summed E-state index contributed by atoms with van der Waals surface area (Å²) in [5.74, 6) is 0.913. The molecule has 0 aromatic heterocycles. The Balaban J connectivity index is 1.67. The molecule has 0 amide bonds. The van der Waals surface area contributed by atoms with Crippen molar-refractivity contribution in [1.82, 2.24) is 0 Å². The highest BCUT2D eigenvalue weighted by Crippen LogP contribution is 2.44. The molecule has 2 N–H and O–H groups in total. The normalized spacial score (nSPS) is 30.6. The van der Waals surface area contributed by atoms with E-state index in [-0.39, 0.29) is 17.8 Å². The minimum atomic E-state index is -0.561. The van der Waals surface area contributed by atoms with Crippen LogP contribution in [0.15, 0.2) is 48.5 Å². The van der Waals surface area contributed by atoms with E-state index in [4.69, 9.17) is 4.74 Å². The molecule has 144 valence electrons. The van der Waals surface area contributed by atoms with E-state index >= 15 is 0 Å². The van der Waals surface area contributed by atoms with E-state index < -0.39 is 5.60 Å². The van der Waals surface area contributed by atoms with Crippen LogP contribution in [-0.2, 0) is 6.54 Å². The lowest BCUT2D eigenvalue weighted by Gasteiger charge is -2.50.